The first-order valence-corrected chi connectivity index (χ1v) is 13.5. The second-order valence-electron chi connectivity index (χ2n) is 9.25. The Morgan fingerprint density at radius 1 is 0.872 bits per heavy atom. The predicted molar refractivity (Wildman–Crippen MR) is 135 cm³/mol. The Kier molecular flexibility index (Phi) is 11.9. The molecule has 0 radical (unpaired) electrons. The largest absolute Gasteiger partial charge is 0.516 e. The van der Waals surface area contributed by atoms with E-state index in [9.17, 15) is 44.7 Å². The van der Waals surface area contributed by atoms with E-state index in [0.29, 0.717) is 18.6 Å². The Labute approximate surface area is 224 Å². The van der Waals surface area contributed by atoms with Gasteiger partial charge in [-0.3, -0.25) is 4.79 Å². The lowest BCUT2D eigenvalue weighted by Gasteiger charge is -2.26. The molecule has 0 spiro atoms. The van der Waals surface area contributed by atoms with Gasteiger partial charge in [-0.25, -0.2) is 4.72 Å². The van der Waals surface area contributed by atoms with Crippen LogP contribution in [-0.2, 0) is 10.0 Å². The third-order valence-corrected chi connectivity index (χ3v) is 7.14. The van der Waals surface area contributed by atoms with Crippen LogP contribution in [0.2, 0.25) is 0 Å². The van der Waals surface area contributed by atoms with E-state index in [1.54, 1.807) is 24.3 Å². The molecule has 0 heterocycles. The minimum atomic E-state index is -5.68. The van der Waals surface area contributed by atoms with E-state index in [2.05, 4.69) is 13.8 Å². The Morgan fingerprint density at radius 3 is 1.64 bits per heavy atom. The molecular formula is C26H33F6NO5S. The highest BCUT2D eigenvalue weighted by Crippen LogP contribution is 2.31. The summed E-state index contributed by atoms with van der Waals surface area (Å²) in [7, 11) is -5.68. The van der Waals surface area contributed by atoms with Gasteiger partial charge in [-0.15, -0.1) is 0 Å². The maximum absolute atomic E-state index is 12.4. The van der Waals surface area contributed by atoms with Crippen molar-refractivity contribution < 1.29 is 49.4 Å². The van der Waals surface area contributed by atoms with Crippen molar-refractivity contribution in [2.24, 2.45) is 0 Å². The number of hydrogen-bond donors (Lipinski definition) is 2. The Bertz CT molecular complexity index is 1160. The molecule has 1 amide bonds. The lowest BCUT2D eigenvalue weighted by Crippen LogP contribution is -2.47. The number of benzene rings is 2. The monoisotopic (exact) mass is 585 g/mol. The van der Waals surface area contributed by atoms with Crippen LogP contribution in [0.15, 0.2) is 48.5 Å². The number of halogens is 6. The molecule has 2 rings (SSSR count). The highest BCUT2D eigenvalue weighted by Gasteiger charge is 2.50. The van der Waals surface area contributed by atoms with Crippen molar-refractivity contribution in [3.63, 3.8) is 0 Å². The molecular weight excluding hydrogens is 552 g/mol. The number of aliphatic hydroxyl groups is 1. The molecule has 0 fully saturated rings. The Hall–Kier alpha value is -2.80. The zero-order chi connectivity index (χ0) is 30.2. The highest BCUT2D eigenvalue weighted by molar-refractivity contribution is 7.90. The average molecular weight is 586 g/mol. The normalized spacial score (nSPS) is 15.3. The van der Waals surface area contributed by atoms with Crippen LogP contribution in [-0.4, -0.2) is 43.3 Å². The number of carbonyl (C=O) groups excluding carboxylic acids is 1. The standard InChI is InChI=1S/C14H19F3O2.C12H14F3NO3S/c1-4-10(2)11-5-7-12(8-6-11)19-9-13(3,18)14(15,16)17;1-3-8(2)9-4-6-10(7-5-9)11(17)16-20(18,19)12(13,14)15/h5-8,10,18H,4,9H2,1-3H3;4-8H,3H2,1-2H3,(H,16,17). The summed E-state index contributed by atoms with van der Waals surface area (Å²) in [5.41, 5.74) is -6.48. The molecule has 39 heavy (non-hydrogen) atoms. The highest BCUT2D eigenvalue weighted by atomic mass is 32.2. The molecule has 2 aromatic carbocycles. The van der Waals surface area contributed by atoms with Crippen molar-refractivity contribution in [1.82, 2.24) is 4.72 Å². The number of nitrogens with one attached hydrogen (secondary N) is 1. The second-order valence-corrected chi connectivity index (χ2v) is 10.9. The number of sulfonamides is 1. The van der Waals surface area contributed by atoms with Crippen LogP contribution in [0.25, 0.3) is 0 Å². The molecule has 0 aliphatic heterocycles. The number of hydrogen-bond acceptors (Lipinski definition) is 5. The lowest BCUT2D eigenvalue weighted by atomic mass is 9.98. The van der Waals surface area contributed by atoms with Gasteiger partial charge in [-0.05, 0) is 67.0 Å². The summed E-state index contributed by atoms with van der Waals surface area (Å²) >= 11 is 0. The van der Waals surface area contributed by atoms with Gasteiger partial charge in [0.1, 0.15) is 12.4 Å². The van der Waals surface area contributed by atoms with Crippen molar-refractivity contribution in [1.29, 1.82) is 0 Å². The second kappa shape index (κ2) is 13.5. The third kappa shape index (κ3) is 10.0. The zero-order valence-electron chi connectivity index (χ0n) is 22.2. The number of alkyl halides is 6. The summed E-state index contributed by atoms with van der Waals surface area (Å²) in [5, 5.41) is 9.24. The van der Waals surface area contributed by atoms with Gasteiger partial charge >= 0.3 is 21.7 Å². The number of rotatable bonds is 9. The molecule has 3 unspecified atom stereocenters. The molecule has 0 aliphatic carbocycles. The lowest BCUT2D eigenvalue weighted by molar-refractivity contribution is -0.260. The van der Waals surface area contributed by atoms with Crippen LogP contribution in [0.4, 0.5) is 26.3 Å². The molecule has 3 atom stereocenters. The fourth-order valence-electron chi connectivity index (χ4n) is 2.87. The molecule has 2 aromatic rings. The minimum absolute atomic E-state index is 0.148. The minimum Gasteiger partial charge on any atom is -0.490 e. The first kappa shape index (κ1) is 34.2. The number of carbonyl (C=O) groups is 1. The summed E-state index contributed by atoms with van der Waals surface area (Å²) < 4.78 is 101. The van der Waals surface area contributed by atoms with Gasteiger partial charge in [-0.2, -0.15) is 34.8 Å². The van der Waals surface area contributed by atoms with E-state index < -0.39 is 39.8 Å². The summed E-state index contributed by atoms with van der Waals surface area (Å²) in [6.45, 7) is 7.95. The maximum Gasteiger partial charge on any atom is 0.516 e. The van der Waals surface area contributed by atoms with E-state index in [0.717, 1.165) is 28.7 Å². The van der Waals surface area contributed by atoms with Gasteiger partial charge in [0.15, 0.2) is 5.60 Å². The molecule has 13 heteroatoms. The van der Waals surface area contributed by atoms with Crippen LogP contribution in [0, 0.1) is 0 Å². The van der Waals surface area contributed by atoms with Gasteiger partial charge in [0.2, 0.25) is 0 Å². The van der Waals surface area contributed by atoms with Crippen LogP contribution in [0.5, 0.6) is 5.75 Å². The molecule has 0 bridgehead atoms. The molecule has 0 aromatic heterocycles. The van der Waals surface area contributed by atoms with Gasteiger partial charge in [-0.1, -0.05) is 52.0 Å². The van der Waals surface area contributed by atoms with Gasteiger partial charge in [0, 0.05) is 5.56 Å². The molecule has 2 N–H and O–H groups in total. The summed E-state index contributed by atoms with van der Waals surface area (Å²) in [6, 6.07) is 12.7. The van der Waals surface area contributed by atoms with E-state index in [4.69, 9.17) is 4.74 Å². The van der Waals surface area contributed by atoms with Crippen LogP contribution in [0.3, 0.4) is 0 Å². The zero-order valence-corrected chi connectivity index (χ0v) is 23.0. The molecule has 0 saturated heterocycles. The van der Waals surface area contributed by atoms with E-state index >= 15 is 0 Å². The fraction of sp³-hybridized carbons (Fsp3) is 0.500. The third-order valence-electron chi connectivity index (χ3n) is 6.08. The molecule has 6 nitrogen and oxygen atoms in total. The first-order valence-electron chi connectivity index (χ1n) is 12.0. The van der Waals surface area contributed by atoms with Crippen LogP contribution < -0.4 is 9.46 Å². The average Bonchev–Trinajstić information content (AvgIpc) is 2.85. The molecule has 0 saturated carbocycles. The number of amides is 1. The van der Waals surface area contributed by atoms with Gasteiger partial charge < -0.3 is 9.84 Å². The van der Waals surface area contributed by atoms with Gasteiger partial charge in [0.25, 0.3) is 5.91 Å². The summed E-state index contributed by atoms with van der Waals surface area (Å²) in [6.07, 6.45) is -2.85. The molecule has 220 valence electrons. The SMILES string of the molecule is CCC(C)c1ccc(C(=O)NS(=O)(=O)C(F)(F)F)cc1.CCC(C)c1ccc(OCC(C)(O)C(F)(F)F)cc1. The van der Waals surface area contributed by atoms with E-state index in [1.165, 1.54) is 12.1 Å². The fourth-order valence-corrected chi connectivity index (χ4v) is 3.35. The van der Waals surface area contributed by atoms with E-state index in [1.807, 2.05) is 26.0 Å². The predicted octanol–water partition coefficient (Wildman–Crippen LogP) is 6.67. The number of ether oxygens (including phenoxy) is 1. The van der Waals surface area contributed by atoms with Gasteiger partial charge in [0.05, 0.1) is 0 Å². The van der Waals surface area contributed by atoms with Crippen molar-refractivity contribution in [3.05, 3.63) is 65.2 Å². The van der Waals surface area contributed by atoms with Crippen molar-refractivity contribution in [2.45, 2.75) is 76.6 Å². The smallest absolute Gasteiger partial charge is 0.490 e. The summed E-state index contributed by atoms with van der Waals surface area (Å²) in [4.78, 5) is 11.5. The van der Waals surface area contributed by atoms with Crippen LogP contribution in [0.1, 0.15) is 80.8 Å². The topological polar surface area (TPSA) is 92.7 Å². The summed E-state index contributed by atoms with van der Waals surface area (Å²) in [5.74, 6) is -0.354. The van der Waals surface area contributed by atoms with E-state index in [-0.39, 0.29) is 11.5 Å². The maximum atomic E-state index is 12.4. The Morgan fingerprint density at radius 2 is 1.28 bits per heavy atom. The first-order chi connectivity index (χ1) is 17.8. The van der Waals surface area contributed by atoms with Crippen LogP contribution >= 0.6 is 0 Å². The van der Waals surface area contributed by atoms with Crippen molar-refractivity contribution in [3.8, 4) is 5.75 Å². The quantitative estimate of drug-likeness (QED) is 0.321. The Balaban J connectivity index is 0.000000391. The molecule has 0 aliphatic rings. The van der Waals surface area contributed by atoms with Crippen molar-refractivity contribution >= 4 is 15.9 Å². The van der Waals surface area contributed by atoms with Crippen molar-refractivity contribution in [2.75, 3.05) is 6.61 Å².